The fraction of sp³-hybridized carbons (Fsp3) is 0.300. The number of carbonyl (C=O) groups is 2. The summed E-state index contributed by atoms with van der Waals surface area (Å²) < 4.78 is 33.4. The van der Waals surface area contributed by atoms with Crippen LogP contribution in [0.4, 0.5) is 0 Å². The molecule has 0 aliphatic carbocycles. The summed E-state index contributed by atoms with van der Waals surface area (Å²) in [6, 6.07) is 12.2. The minimum Gasteiger partial charge on any atom is -0.496 e. The number of halogens is 2. The summed E-state index contributed by atoms with van der Waals surface area (Å²) in [7, 11) is -1.82. The Balaban J connectivity index is 0.000000534. The Bertz CT molecular complexity index is 1040. The van der Waals surface area contributed by atoms with Crippen LogP contribution in [0.2, 0.25) is 5.02 Å². The lowest BCUT2D eigenvalue weighted by molar-refractivity contribution is -0.159. The predicted octanol–water partition coefficient (Wildman–Crippen LogP) is 2.77. The van der Waals surface area contributed by atoms with Gasteiger partial charge in [0.1, 0.15) is 5.75 Å². The predicted molar refractivity (Wildman–Crippen MR) is 121 cm³/mol. The summed E-state index contributed by atoms with van der Waals surface area (Å²) in [5.74, 6) is -2.81. The molecule has 174 valence electrons. The molecule has 2 aromatic carbocycles. The SMILES string of the molecule is COc1ccc(Br)cc1CN1CCN(S(=O)(=O)c2ccc(Cl)cc2)CC1.O=C(O)C(=O)O. The van der Waals surface area contributed by atoms with E-state index in [4.69, 9.17) is 36.1 Å². The van der Waals surface area contributed by atoms with Crippen molar-refractivity contribution in [1.29, 1.82) is 0 Å². The first-order chi connectivity index (χ1) is 15.0. The Morgan fingerprint density at radius 3 is 2.09 bits per heavy atom. The topological polar surface area (TPSA) is 124 Å². The number of ether oxygens (including phenoxy) is 1. The van der Waals surface area contributed by atoms with E-state index in [1.54, 1.807) is 31.4 Å². The number of rotatable bonds is 5. The molecule has 0 saturated carbocycles. The van der Waals surface area contributed by atoms with Gasteiger partial charge in [-0.1, -0.05) is 27.5 Å². The second-order valence-electron chi connectivity index (χ2n) is 6.70. The second-order valence-corrected chi connectivity index (χ2v) is 9.99. The Labute approximate surface area is 199 Å². The van der Waals surface area contributed by atoms with E-state index < -0.39 is 22.0 Å². The summed E-state index contributed by atoms with van der Waals surface area (Å²) in [5.41, 5.74) is 1.08. The molecular weight excluding hydrogens is 528 g/mol. The molecule has 1 aliphatic rings. The summed E-state index contributed by atoms with van der Waals surface area (Å²) in [6.07, 6.45) is 0. The maximum atomic E-state index is 12.7. The smallest absolute Gasteiger partial charge is 0.414 e. The van der Waals surface area contributed by atoms with Crippen molar-refractivity contribution in [3.05, 3.63) is 57.5 Å². The largest absolute Gasteiger partial charge is 0.496 e. The van der Waals surface area contributed by atoms with Crippen molar-refractivity contribution in [2.24, 2.45) is 0 Å². The van der Waals surface area contributed by atoms with Crippen LogP contribution in [0, 0.1) is 0 Å². The van der Waals surface area contributed by atoms with Gasteiger partial charge in [0.15, 0.2) is 0 Å². The lowest BCUT2D eigenvalue weighted by atomic mass is 10.2. The average molecular weight is 550 g/mol. The van der Waals surface area contributed by atoms with Crippen molar-refractivity contribution < 1.29 is 33.0 Å². The van der Waals surface area contributed by atoms with Gasteiger partial charge >= 0.3 is 11.9 Å². The highest BCUT2D eigenvalue weighted by Gasteiger charge is 2.28. The zero-order chi connectivity index (χ0) is 23.9. The van der Waals surface area contributed by atoms with E-state index in [0.29, 0.717) is 31.2 Å². The van der Waals surface area contributed by atoms with Crippen LogP contribution in [0.15, 0.2) is 51.8 Å². The van der Waals surface area contributed by atoms with E-state index in [-0.39, 0.29) is 4.90 Å². The highest BCUT2D eigenvalue weighted by molar-refractivity contribution is 9.10. The maximum Gasteiger partial charge on any atom is 0.414 e. The third-order valence-electron chi connectivity index (χ3n) is 4.60. The Morgan fingerprint density at radius 2 is 1.59 bits per heavy atom. The highest BCUT2D eigenvalue weighted by atomic mass is 79.9. The Morgan fingerprint density at radius 1 is 1.03 bits per heavy atom. The third-order valence-corrected chi connectivity index (χ3v) is 7.26. The van der Waals surface area contributed by atoms with Crippen molar-refractivity contribution in [2.75, 3.05) is 33.3 Å². The fourth-order valence-electron chi connectivity index (χ4n) is 3.00. The standard InChI is InChI=1S/C18H20BrClN2O3S.C2H2O4/c1-25-18-7-2-15(19)12-14(18)13-21-8-10-22(11-9-21)26(23,24)17-5-3-16(20)4-6-17;3-1(4)2(5)6/h2-7,12H,8-11,13H2,1H3;(H,3,4)(H,5,6). The first kappa shape index (κ1) is 26.1. The molecule has 32 heavy (non-hydrogen) atoms. The van der Waals surface area contributed by atoms with Crippen LogP contribution in [0.25, 0.3) is 0 Å². The number of benzene rings is 2. The van der Waals surface area contributed by atoms with Crippen molar-refractivity contribution in [3.8, 4) is 5.75 Å². The number of sulfonamides is 1. The summed E-state index contributed by atoms with van der Waals surface area (Å²) >= 11 is 9.34. The minimum absolute atomic E-state index is 0.281. The fourth-order valence-corrected chi connectivity index (χ4v) is 4.95. The van der Waals surface area contributed by atoms with Gasteiger partial charge in [0, 0.05) is 47.8 Å². The first-order valence-electron chi connectivity index (χ1n) is 9.31. The van der Waals surface area contributed by atoms with Crippen LogP contribution in [0.3, 0.4) is 0 Å². The molecule has 1 saturated heterocycles. The van der Waals surface area contributed by atoms with Crippen LogP contribution in [-0.2, 0) is 26.2 Å². The molecular formula is C20H22BrClN2O7S. The van der Waals surface area contributed by atoms with Gasteiger partial charge < -0.3 is 14.9 Å². The molecule has 0 amide bonds. The third kappa shape index (κ3) is 7.17. The Kier molecular flexibility index (Phi) is 9.47. The molecule has 3 rings (SSSR count). The summed E-state index contributed by atoms with van der Waals surface area (Å²) in [4.78, 5) is 20.7. The molecule has 0 unspecified atom stereocenters. The van der Waals surface area contributed by atoms with Crippen LogP contribution in [0.1, 0.15) is 5.56 Å². The molecule has 1 fully saturated rings. The van der Waals surface area contributed by atoms with E-state index in [9.17, 15) is 8.42 Å². The van der Waals surface area contributed by atoms with Gasteiger partial charge in [0.2, 0.25) is 10.0 Å². The van der Waals surface area contributed by atoms with Gasteiger partial charge in [-0.15, -0.1) is 0 Å². The Hall–Kier alpha value is -2.18. The summed E-state index contributed by atoms with van der Waals surface area (Å²) in [5, 5.41) is 15.3. The summed E-state index contributed by atoms with van der Waals surface area (Å²) in [6.45, 7) is 2.98. The number of hydrogen-bond donors (Lipinski definition) is 2. The molecule has 0 aromatic heterocycles. The molecule has 9 nitrogen and oxygen atoms in total. The molecule has 1 aliphatic heterocycles. The zero-order valence-electron chi connectivity index (χ0n) is 17.1. The number of carboxylic acid groups (broad SMARTS) is 2. The minimum atomic E-state index is -3.48. The molecule has 2 aromatic rings. The molecule has 0 spiro atoms. The van der Waals surface area contributed by atoms with Gasteiger partial charge in [-0.3, -0.25) is 4.90 Å². The van der Waals surface area contributed by atoms with Gasteiger partial charge in [-0.25, -0.2) is 18.0 Å². The van der Waals surface area contributed by atoms with E-state index in [2.05, 4.69) is 20.8 Å². The molecule has 12 heteroatoms. The van der Waals surface area contributed by atoms with E-state index in [1.165, 1.54) is 4.31 Å². The normalized spacial score (nSPS) is 14.8. The molecule has 0 radical (unpaired) electrons. The van der Waals surface area contributed by atoms with Gasteiger partial charge in [-0.05, 0) is 42.5 Å². The van der Waals surface area contributed by atoms with E-state index >= 15 is 0 Å². The maximum absolute atomic E-state index is 12.7. The van der Waals surface area contributed by atoms with Crippen LogP contribution >= 0.6 is 27.5 Å². The van der Waals surface area contributed by atoms with Gasteiger partial charge in [0.25, 0.3) is 0 Å². The molecule has 1 heterocycles. The second kappa shape index (κ2) is 11.6. The zero-order valence-corrected chi connectivity index (χ0v) is 20.2. The average Bonchev–Trinajstić information content (AvgIpc) is 2.75. The van der Waals surface area contributed by atoms with Crippen LogP contribution < -0.4 is 4.74 Å². The number of hydrogen-bond acceptors (Lipinski definition) is 6. The van der Waals surface area contributed by atoms with Crippen LogP contribution in [0.5, 0.6) is 5.75 Å². The lowest BCUT2D eigenvalue weighted by Gasteiger charge is -2.34. The lowest BCUT2D eigenvalue weighted by Crippen LogP contribution is -2.48. The molecule has 2 N–H and O–H groups in total. The van der Waals surface area contributed by atoms with Crippen molar-refractivity contribution in [2.45, 2.75) is 11.4 Å². The van der Waals surface area contributed by atoms with Crippen molar-refractivity contribution in [3.63, 3.8) is 0 Å². The van der Waals surface area contributed by atoms with E-state index in [1.807, 2.05) is 18.2 Å². The van der Waals surface area contributed by atoms with E-state index in [0.717, 1.165) is 22.3 Å². The molecule has 0 bridgehead atoms. The van der Waals surface area contributed by atoms with Gasteiger partial charge in [-0.2, -0.15) is 4.31 Å². The monoisotopic (exact) mass is 548 g/mol. The number of piperazine rings is 1. The van der Waals surface area contributed by atoms with Gasteiger partial charge in [0.05, 0.1) is 12.0 Å². The highest BCUT2D eigenvalue weighted by Crippen LogP contribution is 2.25. The van der Waals surface area contributed by atoms with Crippen LogP contribution in [-0.4, -0.2) is 73.1 Å². The number of nitrogens with zero attached hydrogens (tertiary/aromatic N) is 2. The first-order valence-corrected chi connectivity index (χ1v) is 11.9. The van der Waals surface area contributed by atoms with Crippen molar-refractivity contribution in [1.82, 2.24) is 9.21 Å². The number of carboxylic acids is 2. The quantitative estimate of drug-likeness (QED) is 0.546. The van der Waals surface area contributed by atoms with Crippen molar-refractivity contribution >= 4 is 49.5 Å². The number of aliphatic carboxylic acids is 2. The number of methoxy groups -OCH3 is 1. The molecule has 0 atom stereocenters.